The molecule has 0 bridgehead atoms. The highest BCUT2D eigenvalue weighted by molar-refractivity contribution is 5.99. The van der Waals surface area contributed by atoms with E-state index in [0.717, 1.165) is 23.8 Å². The lowest BCUT2D eigenvalue weighted by atomic mass is 9.99. The number of rotatable bonds is 3. The molecular weight excluding hydrogens is 430 g/mol. The zero-order valence-corrected chi connectivity index (χ0v) is 17.4. The molecule has 0 saturated carbocycles. The Kier molecular flexibility index (Phi) is 5.24. The van der Waals surface area contributed by atoms with Crippen LogP contribution in [0.2, 0.25) is 0 Å². The van der Waals surface area contributed by atoms with Crippen LogP contribution in [0.3, 0.4) is 0 Å². The smallest absolute Gasteiger partial charge is 0.383 e. The number of anilines is 1. The minimum Gasteiger partial charge on any atom is -0.383 e. The number of amides is 1. The summed E-state index contributed by atoms with van der Waals surface area (Å²) in [5.74, 6) is -1.21. The monoisotopic (exact) mass is 449 g/mol. The van der Waals surface area contributed by atoms with E-state index in [9.17, 15) is 22.4 Å². The standard InChI is InChI=1S/C21H19F4N5O2/c1-9(15-4-5-17(29-28-15)21(23,24)25)30(3)20(31)12-6-11-13-8-32-10(2)18(13)19(26)27-16(11)7-14(12)22/h4-7,9-10H,8H2,1-3H3,(H2,26,27)/t9-,10-/m1/s1. The number of halogens is 4. The number of ether oxygens (including phenoxy) is 1. The van der Waals surface area contributed by atoms with Crippen LogP contribution in [0.5, 0.6) is 0 Å². The number of benzene rings is 1. The van der Waals surface area contributed by atoms with Gasteiger partial charge in [0.05, 0.1) is 35.5 Å². The van der Waals surface area contributed by atoms with Gasteiger partial charge < -0.3 is 15.4 Å². The Labute approximate surface area is 180 Å². The first-order chi connectivity index (χ1) is 15.0. The van der Waals surface area contributed by atoms with Crippen molar-refractivity contribution >= 4 is 22.6 Å². The molecule has 0 saturated heterocycles. The Hall–Kier alpha value is -3.34. The normalized spacial score (nSPS) is 16.8. The number of hydrogen-bond donors (Lipinski definition) is 1. The number of carbonyl (C=O) groups excluding carboxylic acids is 1. The van der Waals surface area contributed by atoms with Crippen molar-refractivity contribution in [2.75, 3.05) is 12.8 Å². The first kappa shape index (κ1) is 21.9. The first-order valence-corrected chi connectivity index (χ1v) is 9.70. The number of nitrogens with zero attached hydrogens (tertiary/aromatic N) is 4. The van der Waals surface area contributed by atoms with Gasteiger partial charge in [-0.1, -0.05) is 0 Å². The van der Waals surface area contributed by atoms with Gasteiger partial charge in [-0.3, -0.25) is 4.79 Å². The van der Waals surface area contributed by atoms with E-state index >= 15 is 0 Å². The quantitative estimate of drug-likeness (QED) is 0.603. The van der Waals surface area contributed by atoms with Crippen molar-refractivity contribution in [1.82, 2.24) is 20.1 Å². The SMILES string of the molecule is C[C@H](c1ccc(C(F)(F)F)nn1)N(C)C(=O)c1cc2c3c(c(N)nc2cc1F)[C@@H](C)OC3. The van der Waals surface area contributed by atoms with Crippen molar-refractivity contribution in [3.63, 3.8) is 0 Å². The van der Waals surface area contributed by atoms with E-state index in [2.05, 4.69) is 15.2 Å². The molecule has 1 amide bonds. The second kappa shape index (κ2) is 7.66. The molecule has 2 aromatic heterocycles. The Bertz CT molecular complexity index is 1210. The lowest BCUT2D eigenvalue weighted by Crippen LogP contribution is -2.31. The molecule has 11 heteroatoms. The fourth-order valence-corrected chi connectivity index (χ4v) is 3.73. The summed E-state index contributed by atoms with van der Waals surface area (Å²) in [7, 11) is 1.41. The molecule has 32 heavy (non-hydrogen) atoms. The summed E-state index contributed by atoms with van der Waals surface area (Å²) in [6, 6.07) is 3.71. The van der Waals surface area contributed by atoms with Gasteiger partial charge in [0.25, 0.3) is 5.91 Å². The van der Waals surface area contributed by atoms with Gasteiger partial charge >= 0.3 is 6.18 Å². The number of nitrogens with two attached hydrogens (primary N) is 1. The van der Waals surface area contributed by atoms with Gasteiger partial charge in [0, 0.05) is 24.1 Å². The Morgan fingerprint density at radius 1 is 1.28 bits per heavy atom. The predicted octanol–water partition coefficient (Wildman–Crippen LogP) is 4.19. The third kappa shape index (κ3) is 3.62. The summed E-state index contributed by atoms with van der Waals surface area (Å²) >= 11 is 0. The third-order valence-electron chi connectivity index (χ3n) is 5.67. The van der Waals surface area contributed by atoms with E-state index in [1.807, 2.05) is 6.92 Å². The highest BCUT2D eigenvalue weighted by atomic mass is 19.4. The minimum absolute atomic E-state index is 0.132. The van der Waals surface area contributed by atoms with Crippen LogP contribution in [0, 0.1) is 5.82 Å². The van der Waals surface area contributed by atoms with Crippen LogP contribution in [0.15, 0.2) is 24.3 Å². The third-order valence-corrected chi connectivity index (χ3v) is 5.67. The molecule has 4 rings (SSSR count). The minimum atomic E-state index is -4.62. The van der Waals surface area contributed by atoms with Gasteiger partial charge in [-0.2, -0.15) is 18.3 Å². The number of hydrogen-bond acceptors (Lipinski definition) is 6. The summed E-state index contributed by atoms with van der Waals surface area (Å²) in [6.45, 7) is 3.64. The molecule has 0 aliphatic carbocycles. The summed E-state index contributed by atoms with van der Waals surface area (Å²) in [5.41, 5.74) is 6.54. The molecule has 0 spiro atoms. The molecular formula is C21H19F4N5O2. The molecule has 0 unspecified atom stereocenters. The second-order valence-electron chi connectivity index (χ2n) is 7.62. The van der Waals surface area contributed by atoms with Crippen molar-refractivity contribution in [1.29, 1.82) is 0 Å². The van der Waals surface area contributed by atoms with Crippen molar-refractivity contribution < 1.29 is 27.1 Å². The lowest BCUT2D eigenvalue weighted by molar-refractivity contribution is -0.141. The predicted molar refractivity (Wildman–Crippen MR) is 107 cm³/mol. The summed E-state index contributed by atoms with van der Waals surface area (Å²) in [6.07, 6.45) is -4.89. The number of pyridine rings is 1. The van der Waals surface area contributed by atoms with Gasteiger partial charge in [0.15, 0.2) is 5.69 Å². The first-order valence-electron chi connectivity index (χ1n) is 9.70. The van der Waals surface area contributed by atoms with Crippen LogP contribution in [0.25, 0.3) is 10.9 Å². The molecule has 7 nitrogen and oxygen atoms in total. The highest BCUT2D eigenvalue weighted by Gasteiger charge is 2.33. The maximum atomic E-state index is 14.8. The van der Waals surface area contributed by atoms with Crippen molar-refractivity contribution in [3.8, 4) is 0 Å². The number of carbonyl (C=O) groups is 1. The number of aromatic nitrogens is 3. The summed E-state index contributed by atoms with van der Waals surface area (Å²) in [5, 5.41) is 7.31. The Morgan fingerprint density at radius 3 is 2.62 bits per heavy atom. The van der Waals surface area contributed by atoms with Gasteiger partial charge in [-0.25, -0.2) is 9.37 Å². The molecule has 168 valence electrons. The van der Waals surface area contributed by atoms with Crippen LogP contribution in [-0.2, 0) is 17.5 Å². The van der Waals surface area contributed by atoms with Crippen molar-refractivity contribution in [2.24, 2.45) is 0 Å². The molecule has 2 atom stereocenters. The van der Waals surface area contributed by atoms with E-state index in [4.69, 9.17) is 10.5 Å². The molecule has 1 aliphatic heterocycles. The van der Waals surface area contributed by atoms with E-state index in [-0.39, 0.29) is 29.8 Å². The Balaban J connectivity index is 1.68. The second-order valence-corrected chi connectivity index (χ2v) is 7.62. The number of alkyl halides is 3. The van der Waals surface area contributed by atoms with Gasteiger partial charge in [0.1, 0.15) is 11.6 Å². The molecule has 3 heterocycles. The maximum Gasteiger partial charge on any atom is 0.435 e. The molecule has 0 radical (unpaired) electrons. The number of nitrogen functional groups attached to an aromatic ring is 1. The molecule has 2 N–H and O–H groups in total. The van der Waals surface area contributed by atoms with Crippen LogP contribution >= 0.6 is 0 Å². The van der Waals surface area contributed by atoms with E-state index in [1.54, 1.807) is 6.92 Å². The fourth-order valence-electron chi connectivity index (χ4n) is 3.73. The van der Waals surface area contributed by atoms with Crippen LogP contribution in [0.1, 0.15) is 58.9 Å². The maximum absolute atomic E-state index is 14.8. The van der Waals surface area contributed by atoms with Crippen LogP contribution in [0.4, 0.5) is 23.4 Å². The number of fused-ring (bicyclic) bond motifs is 3. The molecule has 0 fully saturated rings. The van der Waals surface area contributed by atoms with Gasteiger partial charge in [-0.15, -0.1) is 5.10 Å². The van der Waals surface area contributed by atoms with Gasteiger partial charge in [0.2, 0.25) is 0 Å². The highest BCUT2D eigenvalue weighted by Crippen LogP contribution is 2.39. The van der Waals surface area contributed by atoms with E-state index in [0.29, 0.717) is 16.5 Å². The molecule has 1 aliphatic rings. The zero-order chi connectivity index (χ0) is 23.4. The summed E-state index contributed by atoms with van der Waals surface area (Å²) < 4.78 is 58.6. The largest absolute Gasteiger partial charge is 0.435 e. The molecule has 3 aromatic rings. The van der Waals surface area contributed by atoms with Crippen molar-refractivity contribution in [3.05, 3.63) is 58.2 Å². The van der Waals surface area contributed by atoms with E-state index in [1.165, 1.54) is 18.0 Å². The molecule has 1 aromatic carbocycles. The van der Waals surface area contributed by atoms with Crippen LogP contribution < -0.4 is 5.73 Å². The van der Waals surface area contributed by atoms with Crippen LogP contribution in [-0.4, -0.2) is 33.0 Å². The van der Waals surface area contributed by atoms with Crippen molar-refractivity contribution in [2.45, 2.75) is 38.8 Å². The lowest BCUT2D eigenvalue weighted by Gasteiger charge is -2.25. The average molecular weight is 449 g/mol. The van der Waals surface area contributed by atoms with E-state index < -0.39 is 29.6 Å². The average Bonchev–Trinajstić information content (AvgIpc) is 3.13. The topological polar surface area (TPSA) is 94.2 Å². The van der Waals surface area contributed by atoms with Gasteiger partial charge in [-0.05, 0) is 37.6 Å². The summed E-state index contributed by atoms with van der Waals surface area (Å²) in [4.78, 5) is 18.5. The Morgan fingerprint density at radius 2 is 2.00 bits per heavy atom. The zero-order valence-electron chi connectivity index (χ0n) is 17.4. The fraction of sp³-hybridized carbons (Fsp3) is 0.333.